The molecule has 0 saturated heterocycles. The van der Waals surface area contributed by atoms with Crippen molar-refractivity contribution in [3.63, 3.8) is 0 Å². The minimum absolute atomic E-state index is 0.273. The molecule has 2 aromatic rings. The number of benzene rings is 1. The molecule has 2 N–H and O–H groups in total. The van der Waals surface area contributed by atoms with Crippen molar-refractivity contribution in [3.05, 3.63) is 34.9 Å². The molecule has 1 aromatic carbocycles. The number of esters is 1. The molecule has 0 aliphatic carbocycles. The molecule has 0 radical (unpaired) electrons. The van der Waals surface area contributed by atoms with Gasteiger partial charge >= 0.3 is 5.97 Å². The molecule has 1 aromatic heterocycles. The number of fused-ring (bicyclic) bond motifs is 1. The number of hydrogen-bond acceptors (Lipinski definition) is 4. The SMILES string of the molecule is COC(=O)c1cc(N)nc2ccc(Cl)cc12. The van der Waals surface area contributed by atoms with Crippen LogP contribution in [0.25, 0.3) is 10.9 Å². The fourth-order valence-electron chi connectivity index (χ4n) is 1.50. The van der Waals surface area contributed by atoms with Crippen LogP contribution in [-0.2, 0) is 4.74 Å². The summed E-state index contributed by atoms with van der Waals surface area (Å²) in [6, 6.07) is 6.54. The molecule has 2 rings (SSSR count). The molecule has 0 aliphatic heterocycles. The largest absolute Gasteiger partial charge is 0.465 e. The van der Waals surface area contributed by atoms with Crippen LogP contribution in [0.1, 0.15) is 10.4 Å². The zero-order valence-electron chi connectivity index (χ0n) is 8.53. The first-order valence-corrected chi connectivity index (χ1v) is 4.93. The van der Waals surface area contributed by atoms with E-state index >= 15 is 0 Å². The Morgan fingerprint density at radius 1 is 1.44 bits per heavy atom. The molecule has 0 unspecified atom stereocenters. The summed E-state index contributed by atoms with van der Waals surface area (Å²) in [5, 5.41) is 1.16. The van der Waals surface area contributed by atoms with Gasteiger partial charge in [0.15, 0.2) is 0 Å². The summed E-state index contributed by atoms with van der Waals surface area (Å²) in [6.45, 7) is 0. The normalized spacial score (nSPS) is 10.4. The van der Waals surface area contributed by atoms with Gasteiger partial charge in [0.2, 0.25) is 0 Å². The molecular weight excluding hydrogens is 228 g/mol. The van der Waals surface area contributed by atoms with Crippen LogP contribution in [0.2, 0.25) is 5.02 Å². The highest BCUT2D eigenvalue weighted by atomic mass is 35.5. The Hall–Kier alpha value is -1.81. The first-order chi connectivity index (χ1) is 7.61. The van der Waals surface area contributed by atoms with Crippen molar-refractivity contribution in [2.75, 3.05) is 12.8 Å². The maximum Gasteiger partial charge on any atom is 0.338 e. The van der Waals surface area contributed by atoms with E-state index in [1.807, 2.05) is 0 Å². The van der Waals surface area contributed by atoms with Gasteiger partial charge in [0.05, 0.1) is 18.2 Å². The number of methoxy groups -OCH3 is 1. The van der Waals surface area contributed by atoms with Crippen LogP contribution in [-0.4, -0.2) is 18.1 Å². The molecule has 0 aliphatic rings. The van der Waals surface area contributed by atoms with Crippen molar-refractivity contribution in [2.24, 2.45) is 0 Å². The van der Waals surface area contributed by atoms with E-state index in [4.69, 9.17) is 17.3 Å². The molecule has 0 bridgehead atoms. The van der Waals surface area contributed by atoms with E-state index in [2.05, 4.69) is 9.72 Å². The van der Waals surface area contributed by atoms with Gasteiger partial charge in [-0.2, -0.15) is 0 Å². The van der Waals surface area contributed by atoms with E-state index in [1.165, 1.54) is 13.2 Å². The number of nitrogen functional groups attached to an aromatic ring is 1. The number of halogens is 1. The number of ether oxygens (including phenoxy) is 1. The molecule has 0 atom stereocenters. The molecule has 82 valence electrons. The van der Waals surface area contributed by atoms with Gasteiger partial charge in [-0.25, -0.2) is 9.78 Å². The van der Waals surface area contributed by atoms with Crippen LogP contribution in [0.3, 0.4) is 0 Å². The molecule has 0 spiro atoms. The molecule has 4 nitrogen and oxygen atoms in total. The third-order valence-electron chi connectivity index (χ3n) is 2.20. The number of anilines is 1. The van der Waals surface area contributed by atoms with Crippen LogP contribution in [0, 0.1) is 0 Å². The van der Waals surface area contributed by atoms with Gasteiger partial charge in [0, 0.05) is 10.4 Å². The lowest BCUT2D eigenvalue weighted by atomic mass is 10.1. The Morgan fingerprint density at radius 3 is 2.88 bits per heavy atom. The number of nitrogens with zero attached hydrogens (tertiary/aromatic N) is 1. The second-order valence-electron chi connectivity index (χ2n) is 3.25. The molecule has 0 fully saturated rings. The summed E-state index contributed by atoms with van der Waals surface area (Å²) in [5.74, 6) is -0.184. The van der Waals surface area contributed by atoms with Crippen molar-refractivity contribution < 1.29 is 9.53 Å². The van der Waals surface area contributed by atoms with Crippen LogP contribution >= 0.6 is 11.6 Å². The van der Waals surface area contributed by atoms with Crippen LogP contribution in [0.15, 0.2) is 24.3 Å². The Bertz CT molecular complexity index is 569. The predicted octanol–water partition coefficient (Wildman–Crippen LogP) is 2.26. The van der Waals surface area contributed by atoms with Gasteiger partial charge in [0.1, 0.15) is 5.82 Å². The quantitative estimate of drug-likeness (QED) is 0.772. The molecule has 16 heavy (non-hydrogen) atoms. The number of aromatic nitrogens is 1. The Labute approximate surface area is 97.0 Å². The second kappa shape index (κ2) is 3.98. The molecule has 0 saturated carbocycles. The summed E-state index contributed by atoms with van der Waals surface area (Å²) in [4.78, 5) is 15.6. The van der Waals surface area contributed by atoms with Gasteiger partial charge < -0.3 is 10.5 Å². The fourth-order valence-corrected chi connectivity index (χ4v) is 1.67. The van der Waals surface area contributed by atoms with Crippen LogP contribution in [0.4, 0.5) is 5.82 Å². The van der Waals surface area contributed by atoms with Crippen molar-refractivity contribution >= 4 is 34.3 Å². The monoisotopic (exact) mass is 236 g/mol. The van der Waals surface area contributed by atoms with Gasteiger partial charge in [-0.3, -0.25) is 0 Å². The van der Waals surface area contributed by atoms with Crippen molar-refractivity contribution in [3.8, 4) is 0 Å². The van der Waals surface area contributed by atoms with Crippen molar-refractivity contribution in [1.29, 1.82) is 0 Å². The highest BCUT2D eigenvalue weighted by Crippen LogP contribution is 2.23. The minimum Gasteiger partial charge on any atom is -0.465 e. The summed E-state index contributed by atoms with van der Waals surface area (Å²) in [7, 11) is 1.31. The number of carbonyl (C=O) groups is 1. The molecule has 0 amide bonds. The predicted molar refractivity (Wildman–Crippen MR) is 62.5 cm³/mol. The fraction of sp³-hybridized carbons (Fsp3) is 0.0909. The van der Waals surface area contributed by atoms with Gasteiger partial charge in [-0.1, -0.05) is 11.6 Å². The minimum atomic E-state index is -0.457. The summed E-state index contributed by atoms with van der Waals surface area (Å²) in [6.07, 6.45) is 0. The average molecular weight is 237 g/mol. The summed E-state index contributed by atoms with van der Waals surface area (Å²) < 4.78 is 4.67. The zero-order chi connectivity index (χ0) is 11.7. The van der Waals surface area contributed by atoms with Crippen LogP contribution in [0.5, 0.6) is 0 Å². The lowest BCUT2D eigenvalue weighted by Gasteiger charge is -2.06. The van der Waals surface area contributed by atoms with E-state index in [-0.39, 0.29) is 5.82 Å². The van der Waals surface area contributed by atoms with E-state index in [9.17, 15) is 4.79 Å². The van der Waals surface area contributed by atoms with Gasteiger partial charge in [-0.15, -0.1) is 0 Å². The second-order valence-corrected chi connectivity index (χ2v) is 3.68. The maximum atomic E-state index is 11.5. The molecule has 1 heterocycles. The van der Waals surface area contributed by atoms with E-state index < -0.39 is 5.97 Å². The highest BCUT2D eigenvalue weighted by Gasteiger charge is 2.12. The summed E-state index contributed by atoms with van der Waals surface area (Å²) >= 11 is 5.87. The third-order valence-corrected chi connectivity index (χ3v) is 2.43. The lowest BCUT2D eigenvalue weighted by Crippen LogP contribution is -2.04. The van der Waals surface area contributed by atoms with Crippen LogP contribution < -0.4 is 5.73 Å². The lowest BCUT2D eigenvalue weighted by molar-refractivity contribution is 0.0603. The molecule has 5 heteroatoms. The third kappa shape index (κ3) is 1.79. The van der Waals surface area contributed by atoms with Crippen molar-refractivity contribution in [1.82, 2.24) is 4.98 Å². The van der Waals surface area contributed by atoms with Crippen molar-refractivity contribution in [2.45, 2.75) is 0 Å². The van der Waals surface area contributed by atoms with E-state index in [0.717, 1.165) is 0 Å². The Kier molecular flexibility index (Phi) is 2.66. The average Bonchev–Trinajstić information content (AvgIpc) is 2.27. The first-order valence-electron chi connectivity index (χ1n) is 4.56. The Balaban J connectivity index is 2.79. The number of carbonyl (C=O) groups excluding carboxylic acids is 1. The van der Waals surface area contributed by atoms with Gasteiger partial charge in [-0.05, 0) is 24.3 Å². The number of pyridine rings is 1. The van der Waals surface area contributed by atoms with E-state index in [0.29, 0.717) is 21.5 Å². The number of nitrogens with two attached hydrogens (primary N) is 1. The molecular formula is C11H9ClN2O2. The standard InChI is InChI=1S/C11H9ClN2O2/c1-16-11(15)8-5-10(13)14-9-3-2-6(12)4-7(8)9/h2-5H,1H3,(H2,13,14). The smallest absolute Gasteiger partial charge is 0.338 e. The zero-order valence-corrected chi connectivity index (χ0v) is 9.28. The van der Waals surface area contributed by atoms with Gasteiger partial charge in [0.25, 0.3) is 0 Å². The Morgan fingerprint density at radius 2 is 2.19 bits per heavy atom. The number of hydrogen-bond donors (Lipinski definition) is 1. The topological polar surface area (TPSA) is 65.2 Å². The van der Waals surface area contributed by atoms with E-state index in [1.54, 1.807) is 18.2 Å². The maximum absolute atomic E-state index is 11.5. The first kappa shape index (κ1) is 10.7. The highest BCUT2D eigenvalue weighted by molar-refractivity contribution is 6.31. The number of rotatable bonds is 1. The summed E-state index contributed by atoms with van der Waals surface area (Å²) in [5.41, 5.74) is 6.59.